The zero-order valence-electron chi connectivity index (χ0n) is 6.61. The fraction of sp³-hybridized carbons (Fsp3) is 0.250. The molecule has 0 saturated heterocycles. The van der Waals surface area contributed by atoms with Gasteiger partial charge >= 0.3 is 0 Å². The topological polar surface area (TPSA) is 38.0 Å². The van der Waals surface area contributed by atoms with Crippen molar-refractivity contribution in [3.8, 4) is 0 Å². The minimum Gasteiger partial charge on any atom is -0.397 e. The van der Waals surface area contributed by atoms with Gasteiger partial charge < -0.3 is 11.1 Å². The van der Waals surface area contributed by atoms with Gasteiger partial charge in [0, 0.05) is 7.05 Å². The summed E-state index contributed by atoms with van der Waals surface area (Å²) in [5.41, 5.74) is 8.18. The molecule has 0 amide bonds. The number of hydrogen-bond donors (Lipinski definition) is 2. The summed E-state index contributed by atoms with van der Waals surface area (Å²) in [6, 6.07) is 3.74. The molecule has 0 spiro atoms. The third-order valence-corrected chi connectivity index (χ3v) is 2.10. The summed E-state index contributed by atoms with van der Waals surface area (Å²) in [5.74, 6) is 0. The van der Waals surface area contributed by atoms with E-state index in [1.807, 2.05) is 19.1 Å². The molecule has 0 fully saturated rings. The minimum absolute atomic E-state index is 0.683. The van der Waals surface area contributed by atoms with Crippen LogP contribution in [0.3, 0.4) is 0 Å². The summed E-state index contributed by atoms with van der Waals surface area (Å²) in [5, 5.41) is 3.65. The van der Waals surface area contributed by atoms with Crippen LogP contribution in [0.5, 0.6) is 0 Å². The van der Waals surface area contributed by atoms with E-state index in [0.717, 1.165) is 11.3 Å². The molecule has 0 aliphatic carbocycles. The van der Waals surface area contributed by atoms with E-state index in [-0.39, 0.29) is 0 Å². The van der Waals surface area contributed by atoms with Gasteiger partial charge in [-0.25, -0.2) is 0 Å². The Labute approximate surface area is 71.4 Å². The van der Waals surface area contributed by atoms with Crippen LogP contribution in [0.15, 0.2) is 12.1 Å². The van der Waals surface area contributed by atoms with E-state index in [1.54, 1.807) is 7.05 Å². The van der Waals surface area contributed by atoms with Gasteiger partial charge in [0.1, 0.15) is 0 Å². The highest BCUT2D eigenvalue weighted by Gasteiger charge is 2.04. The Morgan fingerprint density at radius 3 is 2.55 bits per heavy atom. The van der Waals surface area contributed by atoms with Crippen molar-refractivity contribution in [2.24, 2.45) is 0 Å². The Kier molecular flexibility index (Phi) is 2.25. The van der Waals surface area contributed by atoms with Crippen LogP contribution in [-0.2, 0) is 0 Å². The Morgan fingerprint density at radius 1 is 1.45 bits per heavy atom. The first-order valence-corrected chi connectivity index (χ1v) is 3.77. The number of anilines is 2. The van der Waals surface area contributed by atoms with Gasteiger partial charge in [-0.2, -0.15) is 0 Å². The smallest absolute Gasteiger partial charge is 0.0763 e. The number of nitrogens with two attached hydrogens (primary N) is 1. The molecule has 0 saturated carbocycles. The standard InChI is InChI=1S/C8H11ClN2/c1-5-3-4-6(10)8(11-2)7(5)9/h3-4,11H,10H2,1-2H3. The summed E-state index contributed by atoms with van der Waals surface area (Å²) in [7, 11) is 1.80. The summed E-state index contributed by atoms with van der Waals surface area (Å²) in [4.78, 5) is 0. The minimum atomic E-state index is 0.683. The number of benzene rings is 1. The van der Waals surface area contributed by atoms with E-state index in [4.69, 9.17) is 17.3 Å². The van der Waals surface area contributed by atoms with Gasteiger partial charge in [-0.05, 0) is 18.6 Å². The molecule has 0 aliphatic rings. The third kappa shape index (κ3) is 1.40. The predicted molar refractivity (Wildman–Crippen MR) is 50.1 cm³/mol. The van der Waals surface area contributed by atoms with Gasteiger partial charge in [0.2, 0.25) is 0 Å². The molecule has 0 heterocycles. The quantitative estimate of drug-likeness (QED) is 0.635. The lowest BCUT2D eigenvalue weighted by molar-refractivity contribution is 1.43. The zero-order chi connectivity index (χ0) is 8.43. The number of nitrogen functional groups attached to an aromatic ring is 1. The van der Waals surface area contributed by atoms with Crippen molar-refractivity contribution >= 4 is 23.0 Å². The summed E-state index contributed by atoms with van der Waals surface area (Å²) < 4.78 is 0. The Bertz CT molecular complexity index is 271. The Morgan fingerprint density at radius 2 is 2.09 bits per heavy atom. The van der Waals surface area contributed by atoms with Crippen LogP contribution in [0.4, 0.5) is 11.4 Å². The molecule has 1 aromatic rings. The van der Waals surface area contributed by atoms with E-state index in [1.165, 1.54) is 0 Å². The van der Waals surface area contributed by atoms with Gasteiger partial charge in [0.25, 0.3) is 0 Å². The molecule has 3 heteroatoms. The lowest BCUT2D eigenvalue weighted by Gasteiger charge is -2.08. The first-order valence-electron chi connectivity index (χ1n) is 3.39. The van der Waals surface area contributed by atoms with Crippen molar-refractivity contribution in [1.82, 2.24) is 0 Å². The van der Waals surface area contributed by atoms with Crippen molar-refractivity contribution < 1.29 is 0 Å². The normalized spacial score (nSPS) is 9.73. The van der Waals surface area contributed by atoms with Crippen LogP contribution in [-0.4, -0.2) is 7.05 Å². The maximum atomic E-state index is 5.96. The molecule has 0 radical (unpaired) electrons. The highest BCUT2D eigenvalue weighted by Crippen LogP contribution is 2.30. The van der Waals surface area contributed by atoms with Crippen molar-refractivity contribution in [2.45, 2.75) is 6.92 Å². The van der Waals surface area contributed by atoms with E-state index in [2.05, 4.69) is 5.32 Å². The SMILES string of the molecule is CNc1c(N)ccc(C)c1Cl. The van der Waals surface area contributed by atoms with Crippen LogP contribution in [0, 0.1) is 6.92 Å². The average Bonchev–Trinajstić information content (AvgIpc) is 1.99. The molecule has 1 aromatic carbocycles. The number of aryl methyl sites for hydroxylation is 1. The van der Waals surface area contributed by atoms with E-state index >= 15 is 0 Å². The second kappa shape index (κ2) is 3.01. The summed E-state index contributed by atoms with van der Waals surface area (Å²) in [6.45, 7) is 1.95. The first kappa shape index (κ1) is 8.21. The van der Waals surface area contributed by atoms with Crippen LogP contribution in [0.1, 0.15) is 5.56 Å². The largest absolute Gasteiger partial charge is 0.397 e. The molecule has 0 aliphatic heterocycles. The van der Waals surface area contributed by atoms with Crippen LogP contribution in [0.25, 0.3) is 0 Å². The molecule has 1 rings (SSSR count). The molecule has 3 N–H and O–H groups in total. The molecular formula is C8H11ClN2. The lowest BCUT2D eigenvalue weighted by Crippen LogP contribution is -1.97. The van der Waals surface area contributed by atoms with Gasteiger partial charge in [0.05, 0.1) is 16.4 Å². The zero-order valence-corrected chi connectivity index (χ0v) is 7.37. The van der Waals surface area contributed by atoms with E-state index in [9.17, 15) is 0 Å². The monoisotopic (exact) mass is 170 g/mol. The van der Waals surface area contributed by atoms with Crippen molar-refractivity contribution in [3.63, 3.8) is 0 Å². The fourth-order valence-electron chi connectivity index (χ4n) is 0.949. The second-order valence-electron chi connectivity index (χ2n) is 2.41. The molecule has 11 heavy (non-hydrogen) atoms. The lowest BCUT2D eigenvalue weighted by atomic mass is 10.2. The highest BCUT2D eigenvalue weighted by molar-refractivity contribution is 6.34. The van der Waals surface area contributed by atoms with Crippen LogP contribution >= 0.6 is 11.6 Å². The maximum Gasteiger partial charge on any atom is 0.0763 e. The third-order valence-electron chi connectivity index (χ3n) is 1.62. The van der Waals surface area contributed by atoms with Crippen molar-refractivity contribution in [2.75, 3.05) is 18.1 Å². The molecule has 0 unspecified atom stereocenters. The van der Waals surface area contributed by atoms with Gasteiger partial charge in [-0.3, -0.25) is 0 Å². The fourth-order valence-corrected chi connectivity index (χ4v) is 1.22. The number of halogens is 1. The highest BCUT2D eigenvalue weighted by atomic mass is 35.5. The first-order chi connectivity index (χ1) is 5.16. The van der Waals surface area contributed by atoms with Crippen molar-refractivity contribution in [3.05, 3.63) is 22.7 Å². The van der Waals surface area contributed by atoms with Gasteiger partial charge in [-0.1, -0.05) is 17.7 Å². The number of hydrogen-bond acceptors (Lipinski definition) is 2. The van der Waals surface area contributed by atoms with Crippen LogP contribution in [0.2, 0.25) is 5.02 Å². The average molecular weight is 171 g/mol. The second-order valence-corrected chi connectivity index (χ2v) is 2.79. The molecule has 0 bridgehead atoms. The van der Waals surface area contributed by atoms with Gasteiger partial charge in [0.15, 0.2) is 0 Å². The van der Waals surface area contributed by atoms with E-state index < -0.39 is 0 Å². The number of nitrogens with one attached hydrogen (secondary N) is 1. The van der Waals surface area contributed by atoms with E-state index in [0.29, 0.717) is 10.7 Å². The van der Waals surface area contributed by atoms with Crippen LogP contribution < -0.4 is 11.1 Å². The molecule has 2 nitrogen and oxygen atoms in total. The summed E-state index contributed by atoms with van der Waals surface area (Å²) in [6.07, 6.45) is 0. The molecular weight excluding hydrogens is 160 g/mol. The van der Waals surface area contributed by atoms with Crippen molar-refractivity contribution in [1.29, 1.82) is 0 Å². The predicted octanol–water partition coefficient (Wildman–Crippen LogP) is 2.27. The molecule has 60 valence electrons. The maximum absolute atomic E-state index is 5.96. The Hall–Kier alpha value is -0.890. The summed E-state index contributed by atoms with van der Waals surface area (Å²) >= 11 is 5.96. The Balaban J connectivity index is 3.29. The molecule has 0 atom stereocenters. The number of rotatable bonds is 1. The molecule has 0 aromatic heterocycles. The van der Waals surface area contributed by atoms with Gasteiger partial charge in [-0.15, -0.1) is 0 Å².